The van der Waals surface area contributed by atoms with Gasteiger partial charge >= 0.3 is 0 Å². The van der Waals surface area contributed by atoms with Crippen LogP contribution >= 0.6 is 0 Å². The molecule has 0 aliphatic carbocycles. The number of benzene rings is 1. The van der Waals surface area contributed by atoms with Crippen molar-refractivity contribution in [2.45, 2.75) is 19.4 Å². The molecular weight excluding hydrogens is 224 g/mol. The van der Waals surface area contributed by atoms with E-state index in [1.165, 1.54) is 22.0 Å². The number of aromatic nitrogens is 1. The van der Waals surface area contributed by atoms with E-state index in [1.807, 2.05) is 0 Å². The van der Waals surface area contributed by atoms with Crippen molar-refractivity contribution in [3.63, 3.8) is 0 Å². The number of hydrogen-bond donors (Lipinski definition) is 1. The summed E-state index contributed by atoms with van der Waals surface area (Å²) in [6.45, 7) is 4.93. The Kier molecular flexibility index (Phi) is 3.10. The van der Waals surface area contributed by atoms with Crippen molar-refractivity contribution in [1.29, 1.82) is 0 Å². The second kappa shape index (κ2) is 4.75. The molecule has 1 aliphatic rings. The standard InChI is InChI=1S/C15H20N2O/c1-11-3-4-12-13(10-17(2)14(12)9-11)15-5-6-16-7-8-18-15/h3-4,9-10,15-16H,5-8H2,1-2H3. The monoisotopic (exact) mass is 244 g/mol. The first kappa shape index (κ1) is 11.8. The van der Waals surface area contributed by atoms with Gasteiger partial charge in [-0.15, -0.1) is 0 Å². The fourth-order valence-electron chi connectivity index (χ4n) is 2.74. The maximum absolute atomic E-state index is 5.96. The van der Waals surface area contributed by atoms with Gasteiger partial charge in [-0.05, 0) is 31.5 Å². The van der Waals surface area contributed by atoms with Crippen molar-refractivity contribution in [1.82, 2.24) is 9.88 Å². The van der Waals surface area contributed by atoms with E-state index in [-0.39, 0.29) is 6.10 Å². The molecule has 0 amide bonds. The van der Waals surface area contributed by atoms with Crippen LogP contribution in [0, 0.1) is 6.92 Å². The number of rotatable bonds is 1. The summed E-state index contributed by atoms with van der Waals surface area (Å²) in [5, 5.41) is 4.71. The maximum atomic E-state index is 5.96. The van der Waals surface area contributed by atoms with E-state index in [2.05, 4.69) is 48.3 Å². The smallest absolute Gasteiger partial charge is 0.0858 e. The number of hydrogen-bond acceptors (Lipinski definition) is 2. The summed E-state index contributed by atoms with van der Waals surface area (Å²) in [4.78, 5) is 0. The molecule has 0 spiro atoms. The Morgan fingerprint density at radius 3 is 3.11 bits per heavy atom. The van der Waals surface area contributed by atoms with E-state index in [0.717, 1.165) is 26.1 Å². The fourth-order valence-corrected chi connectivity index (χ4v) is 2.74. The third kappa shape index (κ3) is 2.04. The molecule has 3 nitrogen and oxygen atoms in total. The van der Waals surface area contributed by atoms with Crippen LogP contribution in [0.2, 0.25) is 0 Å². The molecule has 0 saturated carbocycles. The van der Waals surface area contributed by atoms with E-state index < -0.39 is 0 Å². The van der Waals surface area contributed by atoms with Gasteiger partial charge in [0.15, 0.2) is 0 Å². The lowest BCUT2D eigenvalue weighted by molar-refractivity contribution is 0.0653. The largest absolute Gasteiger partial charge is 0.372 e. The first-order valence-corrected chi connectivity index (χ1v) is 6.63. The number of ether oxygens (including phenoxy) is 1. The first-order chi connectivity index (χ1) is 8.75. The minimum Gasteiger partial charge on any atom is -0.372 e. The second-order valence-electron chi connectivity index (χ2n) is 5.11. The van der Waals surface area contributed by atoms with Crippen LogP contribution in [0.4, 0.5) is 0 Å². The number of aryl methyl sites for hydroxylation is 2. The molecule has 2 heterocycles. The summed E-state index contributed by atoms with van der Waals surface area (Å²) in [6.07, 6.45) is 3.50. The first-order valence-electron chi connectivity index (χ1n) is 6.63. The van der Waals surface area contributed by atoms with Gasteiger partial charge in [-0.2, -0.15) is 0 Å². The third-order valence-electron chi connectivity index (χ3n) is 3.71. The molecule has 1 atom stereocenters. The second-order valence-corrected chi connectivity index (χ2v) is 5.11. The average molecular weight is 244 g/mol. The Labute approximate surface area is 108 Å². The van der Waals surface area contributed by atoms with Gasteiger partial charge in [0.25, 0.3) is 0 Å². The van der Waals surface area contributed by atoms with Crippen LogP contribution < -0.4 is 5.32 Å². The van der Waals surface area contributed by atoms with Crippen molar-refractivity contribution in [2.24, 2.45) is 7.05 Å². The molecule has 96 valence electrons. The van der Waals surface area contributed by atoms with Crippen molar-refractivity contribution < 1.29 is 4.74 Å². The molecule has 1 aromatic heterocycles. The van der Waals surface area contributed by atoms with Crippen LogP contribution in [0.15, 0.2) is 24.4 Å². The zero-order valence-electron chi connectivity index (χ0n) is 11.1. The van der Waals surface area contributed by atoms with Gasteiger partial charge in [0, 0.05) is 36.3 Å². The summed E-state index contributed by atoms with van der Waals surface area (Å²) in [6, 6.07) is 6.65. The lowest BCUT2D eigenvalue weighted by Gasteiger charge is -2.13. The highest BCUT2D eigenvalue weighted by Gasteiger charge is 2.19. The number of nitrogens with zero attached hydrogens (tertiary/aromatic N) is 1. The molecule has 18 heavy (non-hydrogen) atoms. The molecule has 1 aromatic carbocycles. The van der Waals surface area contributed by atoms with Crippen molar-refractivity contribution in [3.8, 4) is 0 Å². The molecule has 1 N–H and O–H groups in total. The lowest BCUT2D eigenvalue weighted by atomic mass is 10.0. The van der Waals surface area contributed by atoms with E-state index in [4.69, 9.17) is 4.74 Å². The van der Waals surface area contributed by atoms with Gasteiger partial charge in [-0.1, -0.05) is 12.1 Å². The van der Waals surface area contributed by atoms with Gasteiger partial charge < -0.3 is 14.6 Å². The molecule has 3 heteroatoms. The summed E-state index contributed by atoms with van der Waals surface area (Å²) in [7, 11) is 2.11. The van der Waals surface area contributed by atoms with E-state index >= 15 is 0 Å². The van der Waals surface area contributed by atoms with Gasteiger partial charge in [0.05, 0.1) is 12.7 Å². The normalized spacial score (nSPS) is 21.1. The molecule has 0 radical (unpaired) electrons. The van der Waals surface area contributed by atoms with Crippen molar-refractivity contribution >= 4 is 10.9 Å². The molecule has 3 rings (SSSR count). The molecule has 1 saturated heterocycles. The third-order valence-corrected chi connectivity index (χ3v) is 3.71. The van der Waals surface area contributed by atoms with Gasteiger partial charge in [-0.3, -0.25) is 0 Å². The quantitative estimate of drug-likeness (QED) is 0.834. The van der Waals surface area contributed by atoms with E-state index in [0.29, 0.717) is 0 Å². The number of nitrogens with one attached hydrogen (secondary N) is 1. The Balaban J connectivity index is 2.05. The highest BCUT2D eigenvalue weighted by atomic mass is 16.5. The Hall–Kier alpha value is -1.32. The van der Waals surface area contributed by atoms with Crippen molar-refractivity contribution in [2.75, 3.05) is 19.7 Å². The highest BCUT2D eigenvalue weighted by Crippen LogP contribution is 2.31. The Morgan fingerprint density at radius 2 is 2.22 bits per heavy atom. The van der Waals surface area contributed by atoms with Crippen LogP contribution in [-0.2, 0) is 11.8 Å². The summed E-state index contributed by atoms with van der Waals surface area (Å²) in [5.41, 5.74) is 3.93. The Morgan fingerprint density at radius 1 is 1.33 bits per heavy atom. The SMILES string of the molecule is Cc1ccc2c(C3CCNCCO3)cn(C)c2c1. The molecule has 1 fully saturated rings. The summed E-state index contributed by atoms with van der Waals surface area (Å²) < 4.78 is 8.17. The minimum atomic E-state index is 0.228. The molecule has 1 unspecified atom stereocenters. The van der Waals surface area contributed by atoms with Crippen LogP contribution in [0.1, 0.15) is 23.7 Å². The van der Waals surface area contributed by atoms with Crippen molar-refractivity contribution in [3.05, 3.63) is 35.5 Å². The summed E-state index contributed by atoms with van der Waals surface area (Å²) >= 11 is 0. The predicted octanol–water partition coefficient (Wildman–Crippen LogP) is 2.54. The molecular formula is C15H20N2O. The van der Waals surface area contributed by atoms with Crippen LogP contribution in [-0.4, -0.2) is 24.3 Å². The number of fused-ring (bicyclic) bond motifs is 1. The van der Waals surface area contributed by atoms with Crippen LogP contribution in [0.3, 0.4) is 0 Å². The lowest BCUT2D eigenvalue weighted by Crippen LogP contribution is -2.16. The van der Waals surface area contributed by atoms with Crippen LogP contribution in [0.5, 0.6) is 0 Å². The summed E-state index contributed by atoms with van der Waals surface area (Å²) in [5.74, 6) is 0. The topological polar surface area (TPSA) is 26.2 Å². The molecule has 2 aromatic rings. The Bertz CT molecular complexity index is 551. The van der Waals surface area contributed by atoms with Gasteiger partial charge in [0.2, 0.25) is 0 Å². The predicted molar refractivity (Wildman–Crippen MR) is 73.8 cm³/mol. The fraction of sp³-hybridized carbons (Fsp3) is 0.467. The zero-order chi connectivity index (χ0) is 12.5. The zero-order valence-corrected chi connectivity index (χ0v) is 11.1. The van der Waals surface area contributed by atoms with Gasteiger partial charge in [0.1, 0.15) is 0 Å². The van der Waals surface area contributed by atoms with E-state index in [9.17, 15) is 0 Å². The minimum absolute atomic E-state index is 0.228. The molecule has 0 bridgehead atoms. The maximum Gasteiger partial charge on any atom is 0.0858 e. The highest BCUT2D eigenvalue weighted by molar-refractivity contribution is 5.85. The van der Waals surface area contributed by atoms with E-state index in [1.54, 1.807) is 0 Å². The van der Waals surface area contributed by atoms with Gasteiger partial charge in [-0.25, -0.2) is 0 Å². The van der Waals surface area contributed by atoms with Crippen LogP contribution in [0.25, 0.3) is 10.9 Å². The molecule has 1 aliphatic heterocycles. The average Bonchev–Trinajstić information content (AvgIpc) is 2.58.